The quantitative estimate of drug-likeness (QED) is 0.181. The van der Waals surface area contributed by atoms with Crippen LogP contribution in [0.5, 0.6) is 11.5 Å². The van der Waals surface area contributed by atoms with E-state index in [1.165, 1.54) is 12.1 Å². The Labute approximate surface area is 230 Å². The largest absolute Gasteiger partial charge is 0.513 e. The van der Waals surface area contributed by atoms with Gasteiger partial charge in [0.1, 0.15) is 18.8 Å². The van der Waals surface area contributed by atoms with Crippen LogP contribution in [0.2, 0.25) is 0 Å². The van der Waals surface area contributed by atoms with Gasteiger partial charge in [-0.25, -0.2) is 9.59 Å². The van der Waals surface area contributed by atoms with Gasteiger partial charge < -0.3 is 34.2 Å². The number of hydrogen-bond acceptors (Lipinski definition) is 11. The smallest absolute Gasteiger partial charge is 0.462 e. The lowest BCUT2D eigenvalue weighted by Crippen LogP contribution is -2.37. The zero-order valence-corrected chi connectivity index (χ0v) is 24.0. The Morgan fingerprint density at radius 1 is 0.744 bits per heavy atom. The minimum absolute atomic E-state index is 0.0230. The minimum Gasteiger partial charge on any atom is -0.462 e. The number of hydrogen-bond donors (Lipinski definition) is 1. The predicted molar refractivity (Wildman–Crippen MR) is 142 cm³/mol. The molecule has 39 heavy (non-hydrogen) atoms. The molecule has 11 heteroatoms. The van der Waals surface area contributed by atoms with E-state index in [0.29, 0.717) is 30.2 Å². The molecule has 0 fully saturated rings. The highest BCUT2D eigenvalue weighted by Crippen LogP contribution is 2.30. The van der Waals surface area contributed by atoms with Crippen LogP contribution in [0.15, 0.2) is 18.2 Å². The van der Waals surface area contributed by atoms with Crippen molar-refractivity contribution in [1.82, 2.24) is 0 Å². The number of carbonyl (C=O) groups excluding carboxylic acids is 4. The summed E-state index contributed by atoms with van der Waals surface area (Å²) in [6.45, 7) is 13.2. The molecular weight excluding hydrogens is 510 g/mol. The van der Waals surface area contributed by atoms with Gasteiger partial charge in [0.05, 0.1) is 19.1 Å². The summed E-state index contributed by atoms with van der Waals surface area (Å²) in [6, 6.07) is 3.32. The molecule has 0 aliphatic heterocycles. The molecule has 2 atom stereocenters. The minimum atomic E-state index is -1.06. The lowest BCUT2D eigenvalue weighted by atomic mass is 10.1. The van der Waals surface area contributed by atoms with Crippen molar-refractivity contribution < 1.29 is 47.6 Å². The molecule has 0 saturated carbocycles. The molecule has 2 N–H and O–H groups in total. The summed E-state index contributed by atoms with van der Waals surface area (Å²) < 4.78 is 31.0. The second-order valence-electron chi connectivity index (χ2n) is 10.4. The molecule has 0 radical (unpaired) electrons. The van der Waals surface area contributed by atoms with E-state index in [1.54, 1.807) is 26.8 Å². The SMILES string of the molecule is CC(C)CCOC(=O)Oc1ccc(C[C@H](N)C(=O)O[C@@H](C)COC(=O)C(C)C)cc1OC(=O)OCCC(C)C. The van der Waals surface area contributed by atoms with Gasteiger partial charge in [-0.2, -0.15) is 0 Å². The summed E-state index contributed by atoms with van der Waals surface area (Å²) in [5.41, 5.74) is 6.53. The number of rotatable bonds is 15. The van der Waals surface area contributed by atoms with Gasteiger partial charge in [0.2, 0.25) is 0 Å². The standard InChI is InChI=1S/C28H43NO10/c1-17(2)10-12-34-27(32)38-23-9-8-21(15-24(23)39-28(33)35-13-11-18(3)4)14-22(29)26(31)37-20(7)16-36-25(30)19(5)6/h8-9,15,17-20,22H,10-14,16,29H2,1-7H3/t20-,22-/m0/s1. The molecule has 220 valence electrons. The van der Waals surface area contributed by atoms with Crippen molar-refractivity contribution in [2.24, 2.45) is 23.5 Å². The van der Waals surface area contributed by atoms with E-state index in [9.17, 15) is 19.2 Å². The van der Waals surface area contributed by atoms with Crippen LogP contribution in [-0.2, 0) is 35.0 Å². The third-order valence-corrected chi connectivity index (χ3v) is 5.23. The van der Waals surface area contributed by atoms with Crippen LogP contribution >= 0.6 is 0 Å². The highest BCUT2D eigenvalue weighted by Gasteiger charge is 2.22. The molecule has 0 aromatic heterocycles. The van der Waals surface area contributed by atoms with Crippen molar-refractivity contribution in [3.63, 3.8) is 0 Å². The highest BCUT2D eigenvalue weighted by atomic mass is 16.7. The normalized spacial score (nSPS) is 12.6. The summed E-state index contributed by atoms with van der Waals surface area (Å²) in [4.78, 5) is 48.4. The Hall–Kier alpha value is -3.34. The third-order valence-electron chi connectivity index (χ3n) is 5.23. The van der Waals surface area contributed by atoms with E-state index in [4.69, 9.17) is 34.2 Å². The van der Waals surface area contributed by atoms with Crippen LogP contribution in [0.25, 0.3) is 0 Å². The van der Waals surface area contributed by atoms with E-state index in [0.717, 1.165) is 0 Å². The maximum absolute atomic E-state index is 12.5. The first kappa shape index (κ1) is 33.7. The molecule has 1 aromatic rings. The van der Waals surface area contributed by atoms with Gasteiger partial charge in [0.15, 0.2) is 11.5 Å². The van der Waals surface area contributed by atoms with Crippen LogP contribution in [0.3, 0.4) is 0 Å². The van der Waals surface area contributed by atoms with Crippen molar-refractivity contribution in [1.29, 1.82) is 0 Å². The zero-order chi connectivity index (χ0) is 29.5. The van der Waals surface area contributed by atoms with Crippen molar-refractivity contribution in [3.05, 3.63) is 23.8 Å². The Morgan fingerprint density at radius 2 is 1.28 bits per heavy atom. The Kier molecular flexibility index (Phi) is 14.9. The van der Waals surface area contributed by atoms with E-state index < -0.39 is 36.4 Å². The van der Waals surface area contributed by atoms with Gasteiger partial charge in [0.25, 0.3) is 0 Å². The van der Waals surface area contributed by atoms with Crippen LogP contribution in [-0.4, -0.2) is 56.2 Å². The molecule has 0 saturated heterocycles. The van der Waals surface area contributed by atoms with Crippen LogP contribution < -0.4 is 15.2 Å². The van der Waals surface area contributed by atoms with Crippen molar-refractivity contribution in [2.75, 3.05) is 19.8 Å². The van der Waals surface area contributed by atoms with E-state index in [-0.39, 0.29) is 43.7 Å². The molecule has 0 unspecified atom stereocenters. The number of benzene rings is 1. The first-order valence-electron chi connectivity index (χ1n) is 13.2. The van der Waals surface area contributed by atoms with Crippen LogP contribution in [0.4, 0.5) is 9.59 Å². The molecule has 0 aliphatic rings. The topological polar surface area (TPSA) is 150 Å². The van der Waals surface area contributed by atoms with Crippen molar-refractivity contribution >= 4 is 24.2 Å². The average molecular weight is 554 g/mol. The van der Waals surface area contributed by atoms with Gasteiger partial charge >= 0.3 is 24.2 Å². The summed E-state index contributed by atoms with van der Waals surface area (Å²) >= 11 is 0. The van der Waals surface area contributed by atoms with Crippen molar-refractivity contribution in [2.45, 2.75) is 79.9 Å². The van der Waals surface area contributed by atoms with Crippen LogP contribution in [0.1, 0.15) is 66.9 Å². The number of nitrogens with two attached hydrogens (primary N) is 1. The first-order valence-corrected chi connectivity index (χ1v) is 13.2. The summed E-state index contributed by atoms with van der Waals surface area (Å²) in [5, 5.41) is 0. The Balaban J connectivity index is 2.89. The summed E-state index contributed by atoms with van der Waals surface area (Å²) in [6.07, 6.45) is -1.29. The molecule has 0 bridgehead atoms. The highest BCUT2D eigenvalue weighted by molar-refractivity contribution is 5.76. The van der Waals surface area contributed by atoms with Gasteiger partial charge in [0, 0.05) is 0 Å². The molecule has 0 amide bonds. The van der Waals surface area contributed by atoms with Crippen molar-refractivity contribution in [3.8, 4) is 11.5 Å². The zero-order valence-electron chi connectivity index (χ0n) is 24.0. The van der Waals surface area contributed by atoms with E-state index >= 15 is 0 Å². The van der Waals surface area contributed by atoms with Gasteiger partial charge in [-0.05, 0) is 55.7 Å². The fourth-order valence-electron chi connectivity index (χ4n) is 2.86. The van der Waals surface area contributed by atoms with Gasteiger partial charge in [-0.3, -0.25) is 9.59 Å². The fraction of sp³-hybridized carbons (Fsp3) is 0.643. The molecule has 1 rings (SSSR count). The third kappa shape index (κ3) is 14.4. The molecule has 1 aromatic carbocycles. The molecule has 11 nitrogen and oxygen atoms in total. The molecule has 0 heterocycles. The maximum Gasteiger partial charge on any atom is 0.513 e. The summed E-state index contributed by atoms with van der Waals surface area (Å²) in [5.74, 6) is -0.898. The van der Waals surface area contributed by atoms with E-state index in [2.05, 4.69) is 0 Å². The Bertz CT molecular complexity index is 944. The van der Waals surface area contributed by atoms with E-state index in [1.807, 2.05) is 27.7 Å². The number of carbonyl (C=O) groups is 4. The molecular formula is C28H43NO10. The molecule has 0 aliphatic carbocycles. The molecule has 0 spiro atoms. The second-order valence-corrected chi connectivity index (χ2v) is 10.4. The number of esters is 2. The first-order chi connectivity index (χ1) is 18.3. The maximum atomic E-state index is 12.5. The van der Waals surface area contributed by atoms with Gasteiger partial charge in [-0.1, -0.05) is 47.6 Å². The average Bonchev–Trinajstić information content (AvgIpc) is 2.83. The van der Waals surface area contributed by atoms with Gasteiger partial charge in [-0.15, -0.1) is 0 Å². The fourth-order valence-corrected chi connectivity index (χ4v) is 2.86. The Morgan fingerprint density at radius 3 is 1.79 bits per heavy atom. The van der Waals surface area contributed by atoms with Crippen LogP contribution in [0, 0.1) is 17.8 Å². The number of ether oxygens (including phenoxy) is 6. The second kappa shape index (κ2) is 17.3. The lowest BCUT2D eigenvalue weighted by Gasteiger charge is -2.18. The summed E-state index contributed by atoms with van der Waals surface area (Å²) in [7, 11) is 0. The lowest BCUT2D eigenvalue weighted by molar-refractivity contribution is -0.160. The monoisotopic (exact) mass is 553 g/mol. The predicted octanol–water partition coefficient (Wildman–Crippen LogP) is 4.81.